The fourth-order valence-corrected chi connectivity index (χ4v) is 2.50. The van der Waals surface area contributed by atoms with E-state index in [-0.39, 0.29) is 4.90 Å². The Hall–Kier alpha value is -2.08. The number of rotatable bonds is 4. The van der Waals surface area contributed by atoms with Crippen LogP contribution in [0.1, 0.15) is 5.56 Å². The highest BCUT2D eigenvalue weighted by Gasteiger charge is 2.21. The molecule has 2 rings (SSSR count). The predicted octanol–water partition coefficient (Wildman–Crippen LogP) is 1.17. The zero-order valence-electron chi connectivity index (χ0n) is 11.6. The lowest BCUT2D eigenvalue weighted by Crippen LogP contribution is -2.45. The molecule has 0 amide bonds. The van der Waals surface area contributed by atoms with Crippen molar-refractivity contribution >= 4 is 15.8 Å². The van der Waals surface area contributed by atoms with Crippen LogP contribution in [0.3, 0.4) is 0 Å². The van der Waals surface area contributed by atoms with E-state index in [0.717, 1.165) is 11.3 Å². The van der Waals surface area contributed by atoms with E-state index in [9.17, 15) is 8.42 Å². The van der Waals surface area contributed by atoms with Gasteiger partial charge in [0.2, 0.25) is 12.4 Å². The standard InChI is InChI=1S/C14H17N2O3S/c1-12-4-6-14(7-5-12)20(17,18)19-16-10-8-13(9-11-16)15(2)3/h4-11H,1-3H3/q+1. The van der Waals surface area contributed by atoms with Gasteiger partial charge >= 0.3 is 10.1 Å². The van der Waals surface area contributed by atoms with Crippen LogP contribution in [0.2, 0.25) is 0 Å². The number of aromatic nitrogens is 1. The predicted molar refractivity (Wildman–Crippen MR) is 75.9 cm³/mol. The normalized spacial score (nSPS) is 11.2. The van der Waals surface area contributed by atoms with Crippen LogP contribution < -0.4 is 13.9 Å². The number of anilines is 1. The summed E-state index contributed by atoms with van der Waals surface area (Å²) in [5.41, 5.74) is 1.95. The van der Waals surface area contributed by atoms with Crippen LogP contribution in [0.25, 0.3) is 0 Å². The van der Waals surface area contributed by atoms with Gasteiger partial charge in [0.25, 0.3) is 0 Å². The molecule has 0 N–H and O–H groups in total. The maximum atomic E-state index is 12.1. The molecule has 106 valence electrons. The second kappa shape index (κ2) is 5.50. The minimum atomic E-state index is -3.81. The maximum absolute atomic E-state index is 12.1. The Kier molecular flexibility index (Phi) is 3.94. The first-order chi connectivity index (χ1) is 9.38. The minimum Gasteiger partial charge on any atom is -0.377 e. The molecule has 0 aliphatic rings. The molecule has 5 nitrogen and oxygen atoms in total. The molecular formula is C14H17N2O3S+. The van der Waals surface area contributed by atoms with Crippen LogP contribution in [0.15, 0.2) is 53.7 Å². The smallest absolute Gasteiger partial charge is 0.377 e. The topological polar surface area (TPSA) is 50.5 Å². The Morgan fingerprint density at radius 2 is 1.55 bits per heavy atom. The number of nitrogens with zero attached hydrogens (tertiary/aromatic N) is 2. The first kappa shape index (κ1) is 14.3. The molecule has 0 atom stereocenters. The van der Waals surface area contributed by atoms with Gasteiger partial charge in [-0.15, -0.1) is 4.28 Å². The van der Waals surface area contributed by atoms with E-state index in [1.807, 2.05) is 25.9 Å². The molecule has 0 spiro atoms. The van der Waals surface area contributed by atoms with Crippen molar-refractivity contribution in [1.29, 1.82) is 0 Å². The Morgan fingerprint density at radius 1 is 1.00 bits per heavy atom. The Bertz CT molecular complexity index is 677. The summed E-state index contributed by atoms with van der Waals surface area (Å²) in [6.45, 7) is 1.89. The fourth-order valence-electron chi connectivity index (χ4n) is 1.61. The average Bonchev–Trinajstić information content (AvgIpc) is 2.39. The molecule has 0 saturated carbocycles. The number of aryl methyl sites for hydroxylation is 1. The van der Waals surface area contributed by atoms with E-state index in [0.29, 0.717) is 0 Å². The fraction of sp³-hybridized carbons (Fsp3) is 0.214. The molecule has 0 aliphatic heterocycles. The van der Waals surface area contributed by atoms with Gasteiger partial charge in [0, 0.05) is 36.6 Å². The van der Waals surface area contributed by atoms with Crippen LogP contribution in [-0.2, 0) is 10.1 Å². The second-order valence-electron chi connectivity index (χ2n) is 4.65. The van der Waals surface area contributed by atoms with Crippen molar-refractivity contribution in [2.45, 2.75) is 11.8 Å². The van der Waals surface area contributed by atoms with Crippen molar-refractivity contribution in [3.8, 4) is 0 Å². The zero-order chi connectivity index (χ0) is 14.8. The van der Waals surface area contributed by atoms with E-state index >= 15 is 0 Å². The molecule has 1 aromatic carbocycles. The number of pyridine rings is 1. The third-order valence-electron chi connectivity index (χ3n) is 2.79. The van der Waals surface area contributed by atoms with E-state index in [2.05, 4.69) is 0 Å². The highest BCUT2D eigenvalue weighted by molar-refractivity contribution is 7.86. The maximum Gasteiger partial charge on any atom is 0.396 e. The van der Waals surface area contributed by atoms with Gasteiger partial charge in [-0.3, -0.25) is 0 Å². The van der Waals surface area contributed by atoms with E-state index in [4.69, 9.17) is 4.28 Å². The van der Waals surface area contributed by atoms with Crippen molar-refractivity contribution in [2.75, 3.05) is 19.0 Å². The van der Waals surface area contributed by atoms with E-state index in [1.165, 1.54) is 16.9 Å². The molecule has 0 saturated heterocycles. The molecule has 2 aromatic rings. The summed E-state index contributed by atoms with van der Waals surface area (Å²) in [5, 5.41) is 0. The summed E-state index contributed by atoms with van der Waals surface area (Å²) in [6.07, 6.45) is 3.11. The van der Waals surface area contributed by atoms with Gasteiger partial charge < -0.3 is 4.90 Å². The van der Waals surface area contributed by atoms with Gasteiger partial charge in [-0.2, -0.15) is 8.42 Å². The van der Waals surface area contributed by atoms with Gasteiger partial charge in [0.15, 0.2) is 0 Å². The summed E-state index contributed by atoms with van der Waals surface area (Å²) < 4.78 is 30.4. The molecule has 0 fully saturated rings. The van der Waals surface area contributed by atoms with Crippen molar-refractivity contribution in [1.82, 2.24) is 0 Å². The van der Waals surface area contributed by atoms with Gasteiger partial charge in [-0.05, 0) is 19.1 Å². The average molecular weight is 293 g/mol. The monoisotopic (exact) mass is 293 g/mol. The highest BCUT2D eigenvalue weighted by atomic mass is 32.2. The lowest BCUT2D eigenvalue weighted by atomic mass is 10.2. The molecule has 0 radical (unpaired) electrons. The molecule has 1 heterocycles. The number of hydrogen-bond donors (Lipinski definition) is 0. The lowest BCUT2D eigenvalue weighted by Gasteiger charge is -2.09. The largest absolute Gasteiger partial charge is 0.396 e. The Morgan fingerprint density at radius 3 is 2.05 bits per heavy atom. The molecular weight excluding hydrogens is 276 g/mol. The van der Waals surface area contributed by atoms with Crippen molar-refractivity contribution in [3.63, 3.8) is 0 Å². The van der Waals surface area contributed by atoms with Crippen LogP contribution in [0, 0.1) is 6.92 Å². The highest BCUT2D eigenvalue weighted by Crippen LogP contribution is 2.10. The number of hydrogen-bond acceptors (Lipinski definition) is 4. The molecule has 6 heteroatoms. The summed E-state index contributed by atoms with van der Waals surface area (Å²) in [5.74, 6) is 0. The summed E-state index contributed by atoms with van der Waals surface area (Å²) in [6, 6.07) is 10.1. The Balaban J connectivity index is 2.22. The van der Waals surface area contributed by atoms with Crippen LogP contribution in [0.4, 0.5) is 5.69 Å². The SMILES string of the molecule is Cc1ccc(S(=O)(=O)O[n+]2ccc(N(C)C)cc2)cc1. The molecule has 0 bridgehead atoms. The van der Waals surface area contributed by atoms with Gasteiger partial charge in [0.05, 0.1) is 0 Å². The summed E-state index contributed by atoms with van der Waals surface area (Å²) >= 11 is 0. The van der Waals surface area contributed by atoms with Crippen LogP contribution in [-0.4, -0.2) is 22.5 Å². The number of benzene rings is 1. The first-order valence-corrected chi connectivity index (χ1v) is 7.49. The van der Waals surface area contributed by atoms with Gasteiger partial charge in [0.1, 0.15) is 4.90 Å². The van der Waals surface area contributed by atoms with Crippen molar-refractivity contribution < 1.29 is 17.4 Å². The van der Waals surface area contributed by atoms with Crippen molar-refractivity contribution in [2.24, 2.45) is 0 Å². The van der Waals surface area contributed by atoms with E-state index in [1.54, 1.807) is 36.7 Å². The quantitative estimate of drug-likeness (QED) is 0.794. The van der Waals surface area contributed by atoms with Gasteiger partial charge in [-0.1, -0.05) is 17.7 Å². The second-order valence-corrected chi connectivity index (χ2v) is 6.18. The molecule has 20 heavy (non-hydrogen) atoms. The Labute approximate surface area is 119 Å². The molecule has 0 unspecified atom stereocenters. The zero-order valence-corrected chi connectivity index (χ0v) is 12.5. The lowest BCUT2D eigenvalue weighted by molar-refractivity contribution is -0.856. The van der Waals surface area contributed by atoms with E-state index < -0.39 is 10.1 Å². The minimum absolute atomic E-state index is 0.132. The summed E-state index contributed by atoms with van der Waals surface area (Å²) in [7, 11) is -0.00118. The van der Waals surface area contributed by atoms with Crippen molar-refractivity contribution in [3.05, 3.63) is 54.4 Å². The van der Waals surface area contributed by atoms with Gasteiger partial charge in [-0.25, -0.2) is 0 Å². The summed E-state index contributed by atoms with van der Waals surface area (Å²) in [4.78, 5) is 2.05. The third-order valence-corrected chi connectivity index (χ3v) is 4.01. The van der Waals surface area contributed by atoms with Crippen LogP contribution >= 0.6 is 0 Å². The third kappa shape index (κ3) is 3.27. The first-order valence-electron chi connectivity index (χ1n) is 6.09. The molecule has 1 aromatic heterocycles. The van der Waals surface area contributed by atoms with Crippen LogP contribution in [0.5, 0.6) is 0 Å². The molecule has 0 aliphatic carbocycles.